The van der Waals surface area contributed by atoms with Crippen LogP contribution in [-0.2, 0) is 4.74 Å². The highest BCUT2D eigenvalue weighted by Crippen LogP contribution is 2.41. The Bertz CT molecular complexity index is 968. The van der Waals surface area contributed by atoms with Crippen LogP contribution < -0.4 is 4.90 Å². The van der Waals surface area contributed by atoms with Crippen LogP contribution in [0, 0.1) is 29.2 Å². The number of unbranched alkanes of at least 4 members (excludes halogenated alkanes) is 2. The zero-order valence-corrected chi connectivity index (χ0v) is 18.9. The summed E-state index contributed by atoms with van der Waals surface area (Å²) in [7, 11) is 0. The Morgan fingerprint density at radius 2 is 1.65 bits per heavy atom. The van der Waals surface area contributed by atoms with Crippen LogP contribution in [-0.4, -0.2) is 18.7 Å². The smallest absolute Gasteiger partial charge is 0.237 e. The molecule has 0 radical (unpaired) electrons. The quantitative estimate of drug-likeness (QED) is 0.347. The van der Waals surface area contributed by atoms with Gasteiger partial charge in [-0.1, -0.05) is 51.0 Å². The second-order valence-electron chi connectivity index (χ2n) is 8.03. The summed E-state index contributed by atoms with van der Waals surface area (Å²) in [5.41, 5.74) is 2.16. The fourth-order valence-electron chi connectivity index (χ4n) is 3.50. The lowest BCUT2D eigenvalue weighted by Crippen LogP contribution is -2.25. The van der Waals surface area contributed by atoms with Crippen molar-refractivity contribution in [3.63, 3.8) is 0 Å². The van der Waals surface area contributed by atoms with Gasteiger partial charge >= 0.3 is 0 Å². The van der Waals surface area contributed by atoms with Gasteiger partial charge in [0, 0.05) is 24.4 Å². The van der Waals surface area contributed by atoms with Crippen molar-refractivity contribution in [3.8, 4) is 12.1 Å². The van der Waals surface area contributed by atoms with E-state index >= 15 is 0 Å². The molecule has 0 atom stereocenters. The topological polar surface area (TPSA) is 64.4 Å². The lowest BCUT2D eigenvalue weighted by molar-refractivity contribution is 0.0954. The van der Waals surface area contributed by atoms with Crippen LogP contribution in [0.5, 0.6) is 0 Å². The van der Waals surface area contributed by atoms with E-state index in [2.05, 4.69) is 47.9 Å². The highest BCUT2D eigenvalue weighted by molar-refractivity contribution is 5.63. The molecule has 0 saturated carbocycles. The first-order valence-electron chi connectivity index (χ1n) is 10.8. The zero-order valence-electron chi connectivity index (χ0n) is 18.9. The van der Waals surface area contributed by atoms with Gasteiger partial charge in [-0.2, -0.15) is 10.5 Å². The Morgan fingerprint density at radius 3 is 2.13 bits per heavy atom. The lowest BCUT2D eigenvalue weighted by Gasteiger charge is -2.24. The number of nitriles is 2. The van der Waals surface area contributed by atoms with Gasteiger partial charge in [-0.25, -0.2) is 4.85 Å². The first kappa shape index (κ1) is 23.8. The Hall–Kier alpha value is -3.49. The van der Waals surface area contributed by atoms with E-state index in [1.165, 1.54) is 31.4 Å². The van der Waals surface area contributed by atoms with Gasteiger partial charge in [-0.05, 0) is 44.4 Å². The second-order valence-corrected chi connectivity index (χ2v) is 8.03. The fourth-order valence-corrected chi connectivity index (χ4v) is 3.50. The van der Waals surface area contributed by atoms with Crippen molar-refractivity contribution in [2.45, 2.75) is 59.0 Å². The summed E-state index contributed by atoms with van der Waals surface area (Å²) in [6, 6.07) is 12.1. The van der Waals surface area contributed by atoms with Crippen LogP contribution in [0.25, 0.3) is 10.9 Å². The summed E-state index contributed by atoms with van der Waals surface area (Å²) in [6.45, 7) is 17.8. The predicted octanol–water partition coefficient (Wildman–Crippen LogP) is 6.39. The predicted molar refractivity (Wildman–Crippen MR) is 125 cm³/mol. The molecule has 0 N–H and O–H groups in total. The molecule has 1 aliphatic rings. The molecule has 5 heteroatoms. The molecular weight excluding hydrogens is 384 g/mol. The molecule has 5 nitrogen and oxygen atoms in total. The van der Waals surface area contributed by atoms with Crippen LogP contribution in [0.2, 0.25) is 0 Å². The SMILES string of the molecule is [C-]#[N+]C1=C(/C=C/c2ccc(N(CCCC)CCCC)cc2)C(C)(C)OC1=C(C#N)C#N. The van der Waals surface area contributed by atoms with Crippen molar-refractivity contribution >= 4 is 11.8 Å². The number of nitrogens with zero attached hydrogens (tertiary/aromatic N) is 4. The van der Waals surface area contributed by atoms with Gasteiger partial charge in [0.25, 0.3) is 0 Å². The third-order valence-electron chi connectivity index (χ3n) is 5.30. The summed E-state index contributed by atoms with van der Waals surface area (Å²) in [6.07, 6.45) is 8.51. The molecule has 0 aromatic heterocycles. The standard InChI is InChI=1S/C26H30N4O/c1-6-8-16-30(17-9-7-2)22-13-10-20(11-14-22)12-15-23-24(29-5)25(21(18-27)19-28)31-26(23,3)4/h10-15H,6-9,16-17H2,1-4H3/b15-12+. The second kappa shape index (κ2) is 11.1. The summed E-state index contributed by atoms with van der Waals surface area (Å²) in [4.78, 5) is 6.00. The van der Waals surface area contributed by atoms with E-state index in [4.69, 9.17) is 11.3 Å². The Balaban J connectivity index is 2.31. The molecule has 0 aliphatic carbocycles. The third kappa shape index (κ3) is 5.78. The largest absolute Gasteiger partial charge is 0.493 e. The Kier molecular flexibility index (Phi) is 8.48. The van der Waals surface area contributed by atoms with Gasteiger partial charge in [0.05, 0.1) is 6.57 Å². The molecule has 0 unspecified atom stereocenters. The molecule has 0 saturated heterocycles. The molecule has 1 aromatic rings. The van der Waals surface area contributed by atoms with Gasteiger partial charge in [0.1, 0.15) is 17.7 Å². The van der Waals surface area contributed by atoms with Crippen LogP contribution in [0.15, 0.2) is 52.9 Å². The maximum Gasteiger partial charge on any atom is 0.237 e. The third-order valence-corrected chi connectivity index (χ3v) is 5.30. The number of allylic oxidation sites excluding steroid dienone is 1. The van der Waals surface area contributed by atoms with Crippen molar-refractivity contribution in [2.24, 2.45) is 0 Å². The number of rotatable bonds is 9. The number of benzene rings is 1. The average molecular weight is 415 g/mol. The van der Waals surface area contributed by atoms with Crippen LogP contribution in [0.1, 0.15) is 58.9 Å². The highest BCUT2D eigenvalue weighted by Gasteiger charge is 2.38. The molecule has 0 amide bonds. The maximum absolute atomic E-state index is 9.18. The van der Waals surface area contributed by atoms with Gasteiger partial charge < -0.3 is 9.64 Å². The monoisotopic (exact) mass is 414 g/mol. The molecule has 2 rings (SSSR count). The number of anilines is 1. The van der Waals surface area contributed by atoms with Gasteiger partial charge in [-0.3, -0.25) is 0 Å². The summed E-state index contributed by atoms with van der Waals surface area (Å²) in [5.74, 6) is 0.0717. The molecule has 1 heterocycles. The average Bonchev–Trinajstić information content (AvgIpc) is 3.03. The Morgan fingerprint density at radius 1 is 1.06 bits per heavy atom. The molecule has 31 heavy (non-hydrogen) atoms. The van der Waals surface area contributed by atoms with E-state index in [1.807, 2.05) is 38.1 Å². The summed E-state index contributed by atoms with van der Waals surface area (Å²) < 4.78 is 5.81. The van der Waals surface area contributed by atoms with Crippen molar-refractivity contribution in [2.75, 3.05) is 18.0 Å². The fraction of sp³-hybridized carbons (Fsp3) is 0.423. The number of hydrogen-bond acceptors (Lipinski definition) is 4. The Labute approximate surface area is 186 Å². The van der Waals surface area contributed by atoms with E-state index in [0.29, 0.717) is 5.57 Å². The molecule has 160 valence electrons. The molecule has 1 aromatic carbocycles. The van der Waals surface area contributed by atoms with E-state index in [0.717, 1.165) is 18.7 Å². The summed E-state index contributed by atoms with van der Waals surface area (Å²) >= 11 is 0. The van der Waals surface area contributed by atoms with E-state index < -0.39 is 5.60 Å². The number of hydrogen-bond donors (Lipinski definition) is 0. The minimum absolute atomic E-state index is 0.0717. The number of ether oxygens (including phenoxy) is 1. The van der Waals surface area contributed by atoms with Gasteiger partial charge in [-0.15, -0.1) is 0 Å². The lowest BCUT2D eigenvalue weighted by atomic mass is 9.96. The van der Waals surface area contributed by atoms with Crippen LogP contribution in [0.3, 0.4) is 0 Å². The molecule has 1 aliphatic heterocycles. The van der Waals surface area contributed by atoms with Crippen molar-refractivity contribution in [3.05, 3.63) is 69.9 Å². The molecule has 0 fully saturated rings. The van der Waals surface area contributed by atoms with Gasteiger partial charge in [0.2, 0.25) is 5.70 Å². The normalized spacial score (nSPS) is 14.7. The minimum Gasteiger partial charge on any atom is -0.493 e. The van der Waals surface area contributed by atoms with E-state index in [1.54, 1.807) is 0 Å². The first-order chi connectivity index (χ1) is 14.9. The van der Waals surface area contributed by atoms with Gasteiger partial charge in [0.15, 0.2) is 11.3 Å². The summed E-state index contributed by atoms with van der Waals surface area (Å²) in [5, 5.41) is 18.4. The molecular formula is C26H30N4O. The minimum atomic E-state index is -0.790. The van der Waals surface area contributed by atoms with Crippen LogP contribution in [0.4, 0.5) is 5.69 Å². The van der Waals surface area contributed by atoms with Crippen molar-refractivity contribution < 1.29 is 4.74 Å². The first-order valence-corrected chi connectivity index (χ1v) is 10.8. The highest BCUT2D eigenvalue weighted by atomic mass is 16.5. The maximum atomic E-state index is 9.18. The van der Waals surface area contributed by atoms with Crippen molar-refractivity contribution in [1.29, 1.82) is 10.5 Å². The van der Waals surface area contributed by atoms with Crippen molar-refractivity contribution in [1.82, 2.24) is 0 Å². The molecule has 0 bridgehead atoms. The van der Waals surface area contributed by atoms with E-state index in [-0.39, 0.29) is 17.0 Å². The zero-order chi connectivity index (χ0) is 22.9. The molecule has 0 spiro atoms. The van der Waals surface area contributed by atoms with Crippen LogP contribution >= 0.6 is 0 Å². The van der Waals surface area contributed by atoms with E-state index in [9.17, 15) is 10.5 Å².